The topological polar surface area (TPSA) is 137 Å². The summed E-state index contributed by atoms with van der Waals surface area (Å²) in [6, 6.07) is -2.69. The van der Waals surface area contributed by atoms with Crippen molar-refractivity contribution >= 4 is 30.0 Å². The molecule has 2 saturated heterocycles. The average molecular weight is 469 g/mol. The summed E-state index contributed by atoms with van der Waals surface area (Å²) in [5.41, 5.74) is 0. The van der Waals surface area contributed by atoms with Crippen LogP contribution in [0.3, 0.4) is 0 Å². The molecule has 3 amide bonds. The van der Waals surface area contributed by atoms with Gasteiger partial charge in [-0.15, -0.1) is 0 Å². The van der Waals surface area contributed by atoms with Crippen molar-refractivity contribution in [2.45, 2.75) is 69.6 Å². The fraction of sp³-hybridized carbons (Fsp3) is 0.773. The number of aliphatic hydroxyl groups is 1. The Kier molecular flexibility index (Phi) is 10.2. The Morgan fingerprint density at radius 1 is 1.18 bits per heavy atom. The number of carbonyl (C=O) groups excluding carboxylic acids is 5. The van der Waals surface area contributed by atoms with Gasteiger partial charge >= 0.3 is 5.97 Å². The Balaban J connectivity index is 1.93. The van der Waals surface area contributed by atoms with Crippen LogP contribution in [-0.2, 0) is 28.7 Å². The highest BCUT2D eigenvalue weighted by Crippen LogP contribution is 2.22. The van der Waals surface area contributed by atoms with Gasteiger partial charge in [-0.05, 0) is 52.6 Å². The van der Waals surface area contributed by atoms with E-state index >= 15 is 0 Å². The number of aldehydes is 1. The highest BCUT2D eigenvalue weighted by molar-refractivity contribution is 5.93. The predicted octanol–water partition coefficient (Wildman–Crippen LogP) is -1.08. The molecule has 0 spiro atoms. The summed E-state index contributed by atoms with van der Waals surface area (Å²) in [4.78, 5) is 66.1. The molecule has 2 rings (SSSR count). The number of hydrogen-bond acceptors (Lipinski definition) is 8. The predicted molar refractivity (Wildman–Crippen MR) is 118 cm³/mol. The fourth-order valence-corrected chi connectivity index (χ4v) is 4.37. The van der Waals surface area contributed by atoms with E-state index in [1.54, 1.807) is 0 Å². The molecule has 2 aliphatic rings. The van der Waals surface area contributed by atoms with Gasteiger partial charge in [-0.25, -0.2) is 0 Å². The summed E-state index contributed by atoms with van der Waals surface area (Å²) < 4.78 is 5.29. The van der Waals surface area contributed by atoms with Crippen LogP contribution in [0.4, 0.5) is 0 Å². The summed E-state index contributed by atoms with van der Waals surface area (Å²) in [5, 5.41) is 11.8. The highest BCUT2D eigenvalue weighted by Gasteiger charge is 2.39. The first-order chi connectivity index (χ1) is 15.7. The third-order valence-electron chi connectivity index (χ3n) is 6.31. The van der Waals surface area contributed by atoms with E-state index in [0.29, 0.717) is 25.7 Å². The van der Waals surface area contributed by atoms with Gasteiger partial charge in [0.15, 0.2) is 0 Å². The molecule has 2 heterocycles. The molecule has 0 saturated carbocycles. The lowest BCUT2D eigenvalue weighted by molar-refractivity contribution is -0.151. The third kappa shape index (κ3) is 6.97. The van der Waals surface area contributed by atoms with Crippen LogP contribution in [0.1, 0.15) is 45.4 Å². The van der Waals surface area contributed by atoms with Crippen LogP contribution in [-0.4, -0.2) is 114 Å². The van der Waals surface area contributed by atoms with Gasteiger partial charge < -0.3 is 29.8 Å². The van der Waals surface area contributed by atoms with Crippen LogP contribution in [0, 0.1) is 0 Å². The van der Waals surface area contributed by atoms with Crippen molar-refractivity contribution in [3.63, 3.8) is 0 Å². The lowest BCUT2D eigenvalue weighted by Gasteiger charge is -2.32. The number of esters is 1. The molecule has 0 radical (unpaired) electrons. The van der Waals surface area contributed by atoms with Crippen LogP contribution < -0.4 is 5.32 Å². The zero-order valence-electron chi connectivity index (χ0n) is 19.7. The smallest absolute Gasteiger partial charge is 0.323 e. The first-order valence-electron chi connectivity index (χ1n) is 11.5. The van der Waals surface area contributed by atoms with E-state index in [4.69, 9.17) is 4.74 Å². The van der Waals surface area contributed by atoms with E-state index in [-0.39, 0.29) is 44.0 Å². The molecule has 4 atom stereocenters. The number of nitrogens with one attached hydrogen (secondary N) is 1. The molecule has 11 nitrogen and oxygen atoms in total. The normalized spacial score (nSPS) is 22.5. The lowest BCUT2D eigenvalue weighted by Crippen LogP contribution is -2.55. The second kappa shape index (κ2) is 12.6. The molecule has 2 N–H and O–H groups in total. The molecule has 2 aliphatic heterocycles. The number of likely N-dealkylation sites (N-methyl/N-ethyl adjacent to an activating group) is 2. The van der Waals surface area contributed by atoms with Crippen molar-refractivity contribution in [3.05, 3.63) is 0 Å². The Bertz CT molecular complexity index is 732. The molecule has 4 unspecified atom stereocenters. The summed E-state index contributed by atoms with van der Waals surface area (Å²) in [7, 11) is 3.32. The molecule has 0 aromatic heterocycles. The second-order valence-corrected chi connectivity index (χ2v) is 8.71. The number of carbonyl (C=O) groups is 5. The number of nitrogens with zero attached hydrogens (tertiary/aromatic N) is 3. The van der Waals surface area contributed by atoms with E-state index in [1.807, 2.05) is 11.9 Å². The van der Waals surface area contributed by atoms with E-state index in [2.05, 4.69) is 5.32 Å². The van der Waals surface area contributed by atoms with Gasteiger partial charge in [0.05, 0.1) is 12.5 Å². The van der Waals surface area contributed by atoms with Crippen molar-refractivity contribution in [2.24, 2.45) is 0 Å². The summed E-state index contributed by atoms with van der Waals surface area (Å²) in [6.07, 6.45) is 3.33. The molecular formula is C22H36N4O7. The zero-order valence-corrected chi connectivity index (χ0v) is 19.7. The molecule has 11 heteroatoms. The number of likely N-dealkylation sites (tertiary alicyclic amines) is 2. The third-order valence-corrected chi connectivity index (χ3v) is 6.31. The molecule has 0 bridgehead atoms. The van der Waals surface area contributed by atoms with Crippen LogP contribution in [0.2, 0.25) is 0 Å². The second-order valence-electron chi connectivity index (χ2n) is 8.71. The van der Waals surface area contributed by atoms with Gasteiger partial charge in [0, 0.05) is 20.2 Å². The van der Waals surface area contributed by atoms with Crippen molar-refractivity contribution in [3.8, 4) is 0 Å². The number of rotatable bonds is 11. The maximum atomic E-state index is 13.1. The Morgan fingerprint density at radius 3 is 2.45 bits per heavy atom. The summed E-state index contributed by atoms with van der Waals surface area (Å²) >= 11 is 0. The highest BCUT2D eigenvalue weighted by atomic mass is 16.5. The quantitative estimate of drug-likeness (QED) is 0.289. The molecule has 186 valence electrons. The molecule has 2 fully saturated rings. The molecular weight excluding hydrogens is 432 g/mol. The van der Waals surface area contributed by atoms with Gasteiger partial charge in [0.1, 0.15) is 31.0 Å². The minimum Gasteiger partial charge on any atom is -0.464 e. The standard InChI is InChI=1S/C22H36N4O7/c1-15(14-28)23-20(30)16(8-12-27)25(3)21(31)17-6-5-11-26(17)19(29)9-13-33-22(32)18-7-4-10-24(18)2/h14-18,27H,4-13H2,1-3H3,(H,23,30). The number of ether oxygens (including phenoxy) is 1. The maximum absolute atomic E-state index is 13.1. The first-order valence-corrected chi connectivity index (χ1v) is 11.5. The molecule has 0 aromatic rings. The summed E-state index contributed by atoms with van der Waals surface area (Å²) in [5.74, 6) is -1.57. The average Bonchev–Trinajstić information content (AvgIpc) is 3.45. The number of amides is 3. The molecule has 0 aliphatic carbocycles. The van der Waals surface area contributed by atoms with Crippen molar-refractivity contribution in [1.29, 1.82) is 0 Å². The minimum atomic E-state index is -0.966. The van der Waals surface area contributed by atoms with E-state index in [9.17, 15) is 29.1 Å². The minimum absolute atomic E-state index is 0.00583. The van der Waals surface area contributed by atoms with Crippen LogP contribution in [0.15, 0.2) is 0 Å². The van der Waals surface area contributed by atoms with Crippen LogP contribution in [0.5, 0.6) is 0 Å². The van der Waals surface area contributed by atoms with E-state index in [0.717, 1.165) is 19.4 Å². The van der Waals surface area contributed by atoms with Crippen molar-refractivity contribution in [2.75, 3.05) is 40.4 Å². The number of hydrogen-bond donors (Lipinski definition) is 2. The van der Waals surface area contributed by atoms with Gasteiger partial charge in [0.2, 0.25) is 17.7 Å². The Labute approximate surface area is 194 Å². The largest absolute Gasteiger partial charge is 0.464 e. The lowest BCUT2D eigenvalue weighted by atomic mass is 10.1. The van der Waals surface area contributed by atoms with Crippen molar-refractivity contribution in [1.82, 2.24) is 20.0 Å². The Hall–Kier alpha value is -2.53. The SMILES string of the molecule is CC(C=O)NC(=O)C(CCO)N(C)C(=O)C1CCCN1C(=O)CCOC(=O)C1CCCN1C. The zero-order chi connectivity index (χ0) is 24.5. The fourth-order valence-electron chi connectivity index (χ4n) is 4.37. The van der Waals surface area contributed by atoms with E-state index < -0.39 is 29.9 Å². The summed E-state index contributed by atoms with van der Waals surface area (Å²) in [6.45, 7) is 2.39. The van der Waals surface area contributed by atoms with E-state index in [1.165, 1.54) is 23.8 Å². The van der Waals surface area contributed by atoms with Crippen LogP contribution >= 0.6 is 0 Å². The van der Waals surface area contributed by atoms with Crippen LogP contribution in [0.25, 0.3) is 0 Å². The molecule has 0 aromatic carbocycles. The molecule has 33 heavy (non-hydrogen) atoms. The maximum Gasteiger partial charge on any atom is 0.323 e. The van der Waals surface area contributed by atoms with Gasteiger partial charge in [0.25, 0.3) is 0 Å². The monoisotopic (exact) mass is 468 g/mol. The Morgan fingerprint density at radius 2 is 1.85 bits per heavy atom. The van der Waals surface area contributed by atoms with Crippen molar-refractivity contribution < 1.29 is 33.8 Å². The van der Waals surface area contributed by atoms with Gasteiger partial charge in [-0.1, -0.05) is 0 Å². The van der Waals surface area contributed by atoms with Gasteiger partial charge in [-0.3, -0.25) is 24.1 Å². The van der Waals surface area contributed by atoms with Gasteiger partial charge in [-0.2, -0.15) is 0 Å². The number of aliphatic hydroxyl groups excluding tert-OH is 1. The first kappa shape index (κ1) is 26.7.